The SMILES string of the molecule is CC(C)C(C)N[C@H](C)c1ccco1. The maximum atomic E-state index is 5.31. The summed E-state index contributed by atoms with van der Waals surface area (Å²) in [6.07, 6.45) is 1.72. The Morgan fingerprint density at radius 1 is 1.23 bits per heavy atom. The van der Waals surface area contributed by atoms with E-state index in [1.165, 1.54) is 0 Å². The summed E-state index contributed by atoms with van der Waals surface area (Å²) in [5.41, 5.74) is 0. The van der Waals surface area contributed by atoms with Crippen molar-refractivity contribution in [1.29, 1.82) is 0 Å². The average molecular weight is 181 g/mol. The third-order valence-corrected chi connectivity index (χ3v) is 2.48. The van der Waals surface area contributed by atoms with Gasteiger partial charge in [0.2, 0.25) is 0 Å². The molecular formula is C11H19NO. The summed E-state index contributed by atoms with van der Waals surface area (Å²) in [5, 5.41) is 3.49. The van der Waals surface area contributed by atoms with Gasteiger partial charge in [-0.25, -0.2) is 0 Å². The van der Waals surface area contributed by atoms with Gasteiger partial charge < -0.3 is 9.73 Å². The van der Waals surface area contributed by atoms with E-state index in [9.17, 15) is 0 Å². The molecule has 2 atom stereocenters. The molecule has 1 heterocycles. The normalized spacial score (nSPS) is 16.1. The quantitative estimate of drug-likeness (QED) is 0.772. The molecule has 0 radical (unpaired) electrons. The molecule has 1 unspecified atom stereocenters. The van der Waals surface area contributed by atoms with Gasteiger partial charge in [0.1, 0.15) is 5.76 Å². The van der Waals surface area contributed by atoms with Crippen molar-refractivity contribution in [1.82, 2.24) is 5.32 Å². The molecule has 0 saturated carbocycles. The van der Waals surface area contributed by atoms with Crippen LogP contribution in [-0.4, -0.2) is 6.04 Å². The molecule has 1 aromatic heterocycles. The molecule has 0 amide bonds. The zero-order chi connectivity index (χ0) is 9.84. The van der Waals surface area contributed by atoms with Crippen LogP contribution in [0.2, 0.25) is 0 Å². The summed E-state index contributed by atoms with van der Waals surface area (Å²) < 4.78 is 5.31. The molecule has 1 N–H and O–H groups in total. The molecule has 2 heteroatoms. The van der Waals surface area contributed by atoms with Gasteiger partial charge in [-0.1, -0.05) is 13.8 Å². The second-order valence-corrected chi connectivity index (χ2v) is 3.94. The van der Waals surface area contributed by atoms with Crippen molar-refractivity contribution in [3.05, 3.63) is 24.2 Å². The highest BCUT2D eigenvalue weighted by Crippen LogP contribution is 2.14. The minimum atomic E-state index is 0.299. The molecule has 0 aliphatic heterocycles. The molecule has 0 spiro atoms. The molecule has 0 saturated heterocycles. The maximum Gasteiger partial charge on any atom is 0.120 e. The lowest BCUT2D eigenvalue weighted by molar-refractivity contribution is 0.351. The van der Waals surface area contributed by atoms with E-state index < -0.39 is 0 Å². The molecular weight excluding hydrogens is 162 g/mol. The van der Waals surface area contributed by atoms with Gasteiger partial charge in [-0.15, -0.1) is 0 Å². The van der Waals surface area contributed by atoms with Crippen LogP contribution < -0.4 is 5.32 Å². The number of hydrogen-bond acceptors (Lipinski definition) is 2. The first-order valence-electron chi connectivity index (χ1n) is 4.90. The van der Waals surface area contributed by atoms with Gasteiger partial charge in [0.05, 0.1) is 12.3 Å². The molecule has 13 heavy (non-hydrogen) atoms. The summed E-state index contributed by atoms with van der Waals surface area (Å²) >= 11 is 0. The molecule has 0 fully saturated rings. The van der Waals surface area contributed by atoms with Gasteiger partial charge in [-0.05, 0) is 31.9 Å². The number of hydrogen-bond donors (Lipinski definition) is 1. The van der Waals surface area contributed by atoms with Crippen LogP contribution in [0.3, 0.4) is 0 Å². The van der Waals surface area contributed by atoms with E-state index in [1.807, 2.05) is 12.1 Å². The lowest BCUT2D eigenvalue weighted by Crippen LogP contribution is -2.32. The monoisotopic (exact) mass is 181 g/mol. The van der Waals surface area contributed by atoms with Crippen molar-refractivity contribution in [2.24, 2.45) is 5.92 Å². The van der Waals surface area contributed by atoms with E-state index in [0.717, 1.165) is 5.76 Å². The van der Waals surface area contributed by atoms with Gasteiger partial charge in [0, 0.05) is 6.04 Å². The minimum absolute atomic E-state index is 0.299. The highest BCUT2D eigenvalue weighted by molar-refractivity contribution is 5.03. The highest BCUT2D eigenvalue weighted by Gasteiger charge is 2.13. The van der Waals surface area contributed by atoms with Crippen molar-refractivity contribution in [3.63, 3.8) is 0 Å². The van der Waals surface area contributed by atoms with Crippen molar-refractivity contribution in [2.75, 3.05) is 0 Å². The van der Waals surface area contributed by atoms with Crippen LogP contribution in [0.15, 0.2) is 22.8 Å². The van der Waals surface area contributed by atoms with Gasteiger partial charge in [0.25, 0.3) is 0 Å². The lowest BCUT2D eigenvalue weighted by Gasteiger charge is -2.21. The van der Waals surface area contributed by atoms with Crippen LogP contribution in [0.1, 0.15) is 39.5 Å². The summed E-state index contributed by atoms with van der Waals surface area (Å²) in [7, 11) is 0. The maximum absolute atomic E-state index is 5.31. The predicted octanol–water partition coefficient (Wildman–Crippen LogP) is 2.97. The molecule has 2 nitrogen and oxygen atoms in total. The standard InChI is InChI=1S/C11H19NO/c1-8(2)9(3)12-10(4)11-6-5-7-13-11/h5-10,12H,1-4H3/t9?,10-/m1/s1. The van der Waals surface area contributed by atoms with Gasteiger partial charge >= 0.3 is 0 Å². The van der Waals surface area contributed by atoms with Gasteiger partial charge in [-0.3, -0.25) is 0 Å². The van der Waals surface area contributed by atoms with Crippen molar-refractivity contribution < 1.29 is 4.42 Å². The summed E-state index contributed by atoms with van der Waals surface area (Å²) in [6.45, 7) is 8.75. The van der Waals surface area contributed by atoms with E-state index in [2.05, 4.69) is 33.0 Å². The fourth-order valence-electron chi connectivity index (χ4n) is 1.21. The van der Waals surface area contributed by atoms with E-state index in [4.69, 9.17) is 4.42 Å². The molecule has 0 aromatic carbocycles. The summed E-state index contributed by atoms with van der Waals surface area (Å²) in [6, 6.07) is 4.74. The predicted molar refractivity (Wildman–Crippen MR) is 54.6 cm³/mol. The Labute approximate surface area is 80.3 Å². The Morgan fingerprint density at radius 3 is 2.38 bits per heavy atom. The van der Waals surface area contributed by atoms with Crippen LogP contribution in [0, 0.1) is 5.92 Å². The number of nitrogens with one attached hydrogen (secondary N) is 1. The molecule has 0 bridgehead atoms. The fourth-order valence-corrected chi connectivity index (χ4v) is 1.21. The van der Waals surface area contributed by atoms with Crippen molar-refractivity contribution in [3.8, 4) is 0 Å². The van der Waals surface area contributed by atoms with E-state index >= 15 is 0 Å². The first-order chi connectivity index (χ1) is 6.11. The highest BCUT2D eigenvalue weighted by atomic mass is 16.3. The fraction of sp³-hybridized carbons (Fsp3) is 0.636. The van der Waals surface area contributed by atoms with Gasteiger partial charge in [-0.2, -0.15) is 0 Å². The molecule has 74 valence electrons. The first-order valence-corrected chi connectivity index (χ1v) is 4.90. The zero-order valence-electron chi connectivity index (χ0n) is 8.87. The smallest absolute Gasteiger partial charge is 0.120 e. The van der Waals surface area contributed by atoms with E-state index in [-0.39, 0.29) is 0 Å². The first kappa shape index (κ1) is 10.3. The number of furan rings is 1. The number of rotatable bonds is 4. The van der Waals surface area contributed by atoms with E-state index in [1.54, 1.807) is 6.26 Å². The van der Waals surface area contributed by atoms with Crippen LogP contribution in [-0.2, 0) is 0 Å². The largest absolute Gasteiger partial charge is 0.468 e. The van der Waals surface area contributed by atoms with Crippen LogP contribution in [0.4, 0.5) is 0 Å². The molecule has 0 aliphatic rings. The van der Waals surface area contributed by atoms with Gasteiger partial charge in [0.15, 0.2) is 0 Å². The molecule has 1 rings (SSSR count). The van der Waals surface area contributed by atoms with Crippen LogP contribution in [0.25, 0.3) is 0 Å². The molecule has 0 aliphatic carbocycles. The summed E-state index contributed by atoms with van der Waals surface area (Å²) in [5.74, 6) is 1.66. The third-order valence-electron chi connectivity index (χ3n) is 2.48. The van der Waals surface area contributed by atoms with Crippen molar-refractivity contribution in [2.45, 2.75) is 39.8 Å². The van der Waals surface area contributed by atoms with Crippen LogP contribution in [0.5, 0.6) is 0 Å². The minimum Gasteiger partial charge on any atom is -0.468 e. The third kappa shape index (κ3) is 2.88. The topological polar surface area (TPSA) is 25.2 Å². The Balaban J connectivity index is 2.46. The summed E-state index contributed by atoms with van der Waals surface area (Å²) in [4.78, 5) is 0. The second kappa shape index (κ2) is 4.47. The van der Waals surface area contributed by atoms with E-state index in [0.29, 0.717) is 18.0 Å². The lowest BCUT2D eigenvalue weighted by atomic mass is 10.1. The zero-order valence-corrected chi connectivity index (χ0v) is 8.87. The second-order valence-electron chi connectivity index (χ2n) is 3.94. The Morgan fingerprint density at radius 2 is 1.92 bits per heavy atom. The Bertz CT molecular complexity index is 228. The Hall–Kier alpha value is -0.760. The van der Waals surface area contributed by atoms with Crippen LogP contribution >= 0.6 is 0 Å². The van der Waals surface area contributed by atoms with Crippen molar-refractivity contribution >= 4 is 0 Å². The Kier molecular flexibility index (Phi) is 3.55. The average Bonchev–Trinajstić information content (AvgIpc) is 2.55. The molecule has 1 aromatic rings.